The zero-order valence-corrected chi connectivity index (χ0v) is 14.4. The number of hydrogen-bond donors (Lipinski definition) is 0. The maximum atomic E-state index is 6.32. The zero-order valence-electron chi connectivity index (χ0n) is 12.2. The van der Waals surface area contributed by atoms with Crippen LogP contribution in [-0.2, 0) is 9.47 Å². The summed E-state index contributed by atoms with van der Waals surface area (Å²) in [5.41, 5.74) is 0. The van der Waals surface area contributed by atoms with E-state index in [0.29, 0.717) is 6.10 Å². The summed E-state index contributed by atoms with van der Waals surface area (Å²) in [6.07, 6.45) is 10.7. The van der Waals surface area contributed by atoms with Gasteiger partial charge in [-0.25, -0.2) is 0 Å². The van der Waals surface area contributed by atoms with Gasteiger partial charge in [-0.1, -0.05) is 6.42 Å². The fraction of sp³-hybridized carbons (Fsp3) is 1.00. The van der Waals surface area contributed by atoms with Crippen LogP contribution in [0, 0.1) is 0 Å². The van der Waals surface area contributed by atoms with Crippen LogP contribution in [-0.4, -0.2) is 49.7 Å². The van der Waals surface area contributed by atoms with Crippen molar-refractivity contribution in [1.29, 1.82) is 0 Å². The van der Waals surface area contributed by atoms with Crippen LogP contribution >= 0.6 is 0 Å². The SMILES string of the molecule is C[N+]1(CC2COC3(CCCCC3)O2)CCCCC1.[I-]. The van der Waals surface area contributed by atoms with E-state index in [2.05, 4.69) is 7.05 Å². The van der Waals surface area contributed by atoms with E-state index >= 15 is 0 Å². The number of likely N-dealkylation sites (tertiary alicyclic amines) is 1. The Labute approximate surface area is 134 Å². The van der Waals surface area contributed by atoms with Crippen molar-refractivity contribution >= 4 is 0 Å². The Morgan fingerprint density at radius 3 is 2.32 bits per heavy atom. The lowest BCUT2D eigenvalue weighted by Crippen LogP contribution is -3.00. The van der Waals surface area contributed by atoms with Gasteiger partial charge in [0.15, 0.2) is 5.79 Å². The first kappa shape index (κ1) is 16.0. The molecule has 0 aromatic heterocycles. The second-order valence-electron chi connectivity index (χ2n) is 6.83. The predicted molar refractivity (Wildman–Crippen MR) is 71.3 cm³/mol. The predicted octanol–water partition coefficient (Wildman–Crippen LogP) is -0.303. The highest BCUT2D eigenvalue weighted by molar-refractivity contribution is 4.82. The van der Waals surface area contributed by atoms with Crippen LogP contribution in [0.15, 0.2) is 0 Å². The third-order valence-electron chi connectivity index (χ3n) is 5.07. The van der Waals surface area contributed by atoms with Gasteiger partial charge in [0.2, 0.25) is 0 Å². The Hall–Kier alpha value is 0.610. The number of halogens is 1. The first-order valence-electron chi connectivity index (χ1n) is 7.85. The molecule has 1 saturated carbocycles. The lowest BCUT2D eigenvalue weighted by atomic mass is 9.94. The smallest absolute Gasteiger partial charge is 0.169 e. The molecule has 3 rings (SSSR count). The number of hydrogen-bond acceptors (Lipinski definition) is 2. The molecule has 1 aliphatic carbocycles. The van der Waals surface area contributed by atoms with Crippen molar-refractivity contribution in [3.05, 3.63) is 0 Å². The first-order valence-corrected chi connectivity index (χ1v) is 7.85. The molecule has 2 saturated heterocycles. The van der Waals surface area contributed by atoms with Crippen molar-refractivity contribution < 1.29 is 37.9 Å². The minimum atomic E-state index is -0.183. The third-order valence-corrected chi connectivity index (χ3v) is 5.07. The summed E-state index contributed by atoms with van der Waals surface area (Å²) in [6, 6.07) is 0. The maximum absolute atomic E-state index is 6.32. The maximum Gasteiger partial charge on any atom is 0.169 e. The highest BCUT2D eigenvalue weighted by Gasteiger charge is 2.44. The van der Waals surface area contributed by atoms with Gasteiger partial charge in [0.25, 0.3) is 0 Å². The van der Waals surface area contributed by atoms with E-state index in [9.17, 15) is 0 Å². The van der Waals surface area contributed by atoms with E-state index in [0.717, 1.165) is 26.0 Å². The number of piperidine rings is 1. The molecule has 0 bridgehead atoms. The molecule has 1 spiro atoms. The minimum Gasteiger partial charge on any atom is -1.00 e. The molecule has 19 heavy (non-hydrogen) atoms. The highest BCUT2D eigenvalue weighted by Crippen LogP contribution is 2.38. The first-order chi connectivity index (χ1) is 8.70. The van der Waals surface area contributed by atoms with E-state index in [-0.39, 0.29) is 29.8 Å². The molecule has 0 N–H and O–H groups in total. The van der Waals surface area contributed by atoms with E-state index < -0.39 is 0 Å². The van der Waals surface area contributed by atoms with E-state index in [4.69, 9.17) is 9.47 Å². The van der Waals surface area contributed by atoms with Gasteiger partial charge in [-0.05, 0) is 32.1 Å². The van der Waals surface area contributed by atoms with Crippen molar-refractivity contribution in [3.63, 3.8) is 0 Å². The van der Waals surface area contributed by atoms with Crippen molar-refractivity contribution in [2.45, 2.75) is 63.3 Å². The summed E-state index contributed by atoms with van der Waals surface area (Å²) in [5.74, 6) is -0.183. The molecule has 2 aliphatic heterocycles. The molecule has 1 atom stereocenters. The normalized spacial score (nSPS) is 33.0. The Balaban J connectivity index is 0.00000133. The standard InChI is InChI=1S/C15H28NO2.HI/c1-16(10-6-3-7-11-16)12-14-13-17-15(18-14)8-4-2-5-9-15;/h14H,2-13H2,1H3;1H/q+1;/p-1. The molecular weight excluding hydrogens is 353 g/mol. The minimum absolute atomic E-state index is 0. The zero-order chi connectivity index (χ0) is 12.5. The average molecular weight is 381 g/mol. The van der Waals surface area contributed by atoms with Gasteiger partial charge in [-0.15, -0.1) is 0 Å². The van der Waals surface area contributed by atoms with Crippen LogP contribution in [0.3, 0.4) is 0 Å². The van der Waals surface area contributed by atoms with Crippen molar-refractivity contribution in [3.8, 4) is 0 Å². The largest absolute Gasteiger partial charge is 1.00 e. The fourth-order valence-electron chi connectivity index (χ4n) is 4.01. The molecule has 4 heteroatoms. The van der Waals surface area contributed by atoms with Gasteiger partial charge in [0, 0.05) is 12.8 Å². The van der Waals surface area contributed by atoms with Crippen molar-refractivity contribution in [2.75, 3.05) is 33.3 Å². The molecule has 0 aromatic carbocycles. The van der Waals surface area contributed by atoms with Crippen LogP contribution in [0.2, 0.25) is 0 Å². The second kappa shape index (κ2) is 6.58. The average Bonchev–Trinajstić information content (AvgIpc) is 2.73. The highest BCUT2D eigenvalue weighted by atomic mass is 127. The topological polar surface area (TPSA) is 18.5 Å². The number of ether oxygens (including phenoxy) is 2. The van der Waals surface area contributed by atoms with E-state index in [1.54, 1.807) is 0 Å². The number of likely N-dealkylation sites (N-methyl/N-ethyl adjacent to an activating group) is 1. The van der Waals surface area contributed by atoms with Crippen LogP contribution in [0.25, 0.3) is 0 Å². The molecule has 3 fully saturated rings. The van der Waals surface area contributed by atoms with Crippen LogP contribution in [0.5, 0.6) is 0 Å². The van der Waals surface area contributed by atoms with Gasteiger partial charge in [0.05, 0.1) is 26.7 Å². The van der Waals surface area contributed by atoms with Crippen LogP contribution in [0.1, 0.15) is 51.4 Å². The molecule has 2 heterocycles. The van der Waals surface area contributed by atoms with Crippen LogP contribution in [0.4, 0.5) is 0 Å². The van der Waals surface area contributed by atoms with Crippen molar-refractivity contribution in [2.24, 2.45) is 0 Å². The van der Waals surface area contributed by atoms with Gasteiger partial charge in [-0.2, -0.15) is 0 Å². The lowest BCUT2D eigenvalue weighted by Gasteiger charge is -2.39. The Bertz CT molecular complexity index is 286. The summed E-state index contributed by atoms with van der Waals surface area (Å²) in [4.78, 5) is 0. The molecule has 0 aromatic rings. The summed E-state index contributed by atoms with van der Waals surface area (Å²) in [5, 5.41) is 0. The molecule has 3 aliphatic rings. The van der Waals surface area contributed by atoms with E-state index in [1.165, 1.54) is 56.1 Å². The molecular formula is C15H28INO2. The molecule has 0 amide bonds. The third kappa shape index (κ3) is 3.83. The van der Waals surface area contributed by atoms with E-state index in [1.807, 2.05) is 0 Å². The van der Waals surface area contributed by atoms with Crippen LogP contribution < -0.4 is 24.0 Å². The Kier molecular flexibility index (Phi) is 5.54. The summed E-state index contributed by atoms with van der Waals surface area (Å²) in [7, 11) is 2.40. The monoisotopic (exact) mass is 381 g/mol. The number of rotatable bonds is 2. The van der Waals surface area contributed by atoms with Gasteiger partial charge < -0.3 is 37.9 Å². The fourth-order valence-corrected chi connectivity index (χ4v) is 4.01. The summed E-state index contributed by atoms with van der Waals surface area (Å²) < 4.78 is 13.6. The number of quaternary nitrogens is 1. The van der Waals surface area contributed by atoms with Gasteiger partial charge in [-0.3, -0.25) is 0 Å². The Morgan fingerprint density at radius 1 is 1.00 bits per heavy atom. The van der Waals surface area contributed by atoms with Gasteiger partial charge in [0.1, 0.15) is 12.6 Å². The molecule has 1 unspecified atom stereocenters. The van der Waals surface area contributed by atoms with Gasteiger partial charge >= 0.3 is 0 Å². The molecule has 3 nitrogen and oxygen atoms in total. The summed E-state index contributed by atoms with van der Waals surface area (Å²) >= 11 is 0. The van der Waals surface area contributed by atoms with Crippen molar-refractivity contribution in [1.82, 2.24) is 0 Å². The summed E-state index contributed by atoms with van der Waals surface area (Å²) in [6.45, 7) is 4.63. The molecule has 112 valence electrons. The lowest BCUT2D eigenvalue weighted by molar-refractivity contribution is -0.916. The molecule has 0 radical (unpaired) electrons. The quantitative estimate of drug-likeness (QED) is 0.483. The number of nitrogens with zero attached hydrogens (tertiary/aromatic N) is 1. The second-order valence-corrected chi connectivity index (χ2v) is 6.83. The Morgan fingerprint density at radius 2 is 1.63 bits per heavy atom.